The molecule has 2 aromatic rings. The number of benzene rings is 2. The number of fused-ring (bicyclic) bond motifs is 1. The first-order valence-corrected chi connectivity index (χ1v) is 7.03. The molecule has 0 atom stereocenters. The molecular formula is C17H19NO2. The van der Waals surface area contributed by atoms with Gasteiger partial charge in [-0.1, -0.05) is 12.1 Å². The van der Waals surface area contributed by atoms with Gasteiger partial charge in [-0.3, -0.25) is 0 Å². The fraction of sp³-hybridized carbons (Fsp3) is 0.294. The molecule has 0 saturated heterocycles. The smallest absolute Gasteiger partial charge is 0.127 e. The topological polar surface area (TPSA) is 44.5 Å². The van der Waals surface area contributed by atoms with Crippen molar-refractivity contribution in [3.05, 3.63) is 47.5 Å². The Labute approximate surface area is 119 Å². The molecule has 104 valence electrons. The van der Waals surface area contributed by atoms with Crippen molar-refractivity contribution >= 4 is 0 Å². The van der Waals surface area contributed by atoms with Crippen LogP contribution >= 0.6 is 0 Å². The summed E-state index contributed by atoms with van der Waals surface area (Å²) in [4.78, 5) is 0. The van der Waals surface area contributed by atoms with Crippen molar-refractivity contribution in [2.24, 2.45) is 5.73 Å². The summed E-state index contributed by atoms with van der Waals surface area (Å²) < 4.78 is 11.1. The van der Waals surface area contributed by atoms with Gasteiger partial charge in [-0.15, -0.1) is 0 Å². The summed E-state index contributed by atoms with van der Waals surface area (Å²) >= 11 is 0. The molecule has 1 aliphatic heterocycles. The molecule has 0 amide bonds. The Hall–Kier alpha value is -2.00. The van der Waals surface area contributed by atoms with Crippen LogP contribution in [-0.2, 0) is 13.0 Å². The Balaban J connectivity index is 1.97. The van der Waals surface area contributed by atoms with Crippen LogP contribution in [0.1, 0.15) is 18.1 Å². The fourth-order valence-electron chi connectivity index (χ4n) is 2.62. The second kappa shape index (κ2) is 5.55. The summed E-state index contributed by atoms with van der Waals surface area (Å²) in [5, 5.41) is 0. The van der Waals surface area contributed by atoms with E-state index in [1.54, 1.807) is 0 Å². The number of hydrogen-bond acceptors (Lipinski definition) is 3. The van der Waals surface area contributed by atoms with Crippen LogP contribution in [0.2, 0.25) is 0 Å². The molecular weight excluding hydrogens is 250 g/mol. The van der Waals surface area contributed by atoms with Gasteiger partial charge >= 0.3 is 0 Å². The van der Waals surface area contributed by atoms with E-state index in [2.05, 4.69) is 24.3 Å². The van der Waals surface area contributed by atoms with Gasteiger partial charge in [0.15, 0.2) is 0 Å². The monoisotopic (exact) mass is 269 g/mol. The van der Waals surface area contributed by atoms with E-state index < -0.39 is 0 Å². The molecule has 0 aromatic heterocycles. The second-order valence-corrected chi connectivity index (χ2v) is 4.88. The van der Waals surface area contributed by atoms with E-state index in [4.69, 9.17) is 15.2 Å². The van der Waals surface area contributed by atoms with Gasteiger partial charge in [0.05, 0.1) is 13.2 Å². The minimum atomic E-state index is 0.507. The maximum atomic E-state index is 5.83. The first-order valence-electron chi connectivity index (χ1n) is 7.03. The Bertz CT molecular complexity index is 605. The molecule has 3 nitrogen and oxygen atoms in total. The largest absolute Gasteiger partial charge is 0.494 e. The van der Waals surface area contributed by atoms with Crippen molar-refractivity contribution in [3.63, 3.8) is 0 Å². The highest BCUT2D eigenvalue weighted by molar-refractivity contribution is 5.68. The Morgan fingerprint density at radius 2 is 1.95 bits per heavy atom. The lowest BCUT2D eigenvalue weighted by Gasteiger charge is -2.10. The van der Waals surface area contributed by atoms with E-state index in [-0.39, 0.29) is 0 Å². The number of ether oxygens (including phenoxy) is 2. The first kappa shape index (κ1) is 13.0. The molecule has 0 bridgehead atoms. The molecule has 20 heavy (non-hydrogen) atoms. The lowest BCUT2D eigenvalue weighted by Crippen LogP contribution is -2.00. The second-order valence-electron chi connectivity index (χ2n) is 4.88. The molecule has 0 spiro atoms. The van der Waals surface area contributed by atoms with Crippen LogP contribution in [-0.4, -0.2) is 13.2 Å². The van der Waals surface area contributed by atoms with Crippen molar-refractivity contribution in [3.8, 4) is 22.6 Å². The highest BCUT2D eigenvalue weighted by Gasteiger charge is 2.17. The Kier molecular flexibility index (Phi) is 3.61. The molecule has 0 radical (unpaired) electrons. The van der Waals surface area contributed by atoms with E-state index in [9.17, 15) is 0 Å². The quantitative estimate of drug-likeness (QED) is 0.927. The summed E-state index contributed by atoms with van der Waals surface area (Å²) in [5.41, 5.74) is 10.6. The summed E-state index contributed by atoms with van der Waals surface area (Å²) in [5.74, 6) is 1.89. The van der Waals surface area contributed by atoms with E-state index >= 15 is 0 Å². The lowest BCUT2D eigenvalue weighted by molar-refractivity contribution is 0.340. The highest BCUT2D eigenvalue weighted by Crippen LogP contribution is 2.34. The summed E-state index contributed by atoms with van der Waals surface area (Å²) in [6.07, 6.45) is 0.965. The van der Waals surface area contributed by atoms with E-state index in [0.717, 1.165) is 30.1 Å². The maximum absolute atomic E-state index is 5.83. The molecule has 3 heteroatoms. The zero-order chi connectivity index (χ0) is 13.9. The van der Waals surface area contributed by atoms with Crippen LogP contribution in [0.25, 0.3) is 11.1 Å². The van der Waals surface area contributed by atoms with Crippen LogP contribution in [0.4, 0.5) is 0 Å². The van der Waals surface area contributed by atoms with Gasteiger partial charge in [0.2, 0.25) is 0 Å². The molecule has 1 aliphatic rings. The molecule has 2 aromatic carbocycles. The summed E-state index contributed by atoms with van der Waals surface area (Å²) in [6.45, 7) is 3.94. The summed E-state index contributed by atoms with van der Waals surface area (Å²) in [7, 11) is 0. The predicted molar refractivity (Wildman–Crippen MR) is 80.1 cm³/mol. The third-order valence-electron chi connectivity index (χ3n) is 3.58. The molecule has 3 rings (SSSR count). The zero-order valence-corrected chi connectivity index (χ0v) is 11.7. The molecule has 0 fully saturated rings. The minimum Gasteiger partial charge on any atom is -0.494 e. The number of hydrogen-bond donors (Lipinski definition) is 1. The van der Waals surface area contributed by atoms with Gasteiger partial charge in [0, 0.05) is 18.5 Å². The minimum absolute atomic E-state index is 0.507. The van der Waals surface area contributed by atoms with Crippen molar-refractivity contribution in [2.75, 3.05) is 13.2 Å². The van der Waals surface area contributed by atoms with Crippen molar-refractivity contribution in [1.82, 2.24) is 0 Å². The van der Waals surface area contributed by atoms with Gasteiger partial charge in [-0.05, 0) is 47.9 Å². The molecule has 0 saturated carbocycles. The van der Waals surface area contributed by atoms with Gasteiger partial charge in [-0.2, -0.15) is 0 Å². The normalized spacial score (nSPS) is 12.9. The average molecular weight is 269 g/mol. The number of nitrogens with two attached hydrogens (primary N) is 1. The maximum Gasteiger partial charge on any atom is 0.127 e. The zero-order valence-electron chi connectivity index (χ0n) is 11.7. The van der Waals surface area contributed by atoms with Crippen molar-refractivity contribution in [2.45, 2.75) is 19.9 Å². The fourth-order valence-corrected chi connectivity index (χ4v) is 2.62. The van der Waals surface area contributed by atoms with Crippen molar-refractivity contribution < 1.29 is 9.47 Å². The molecule has 2 N–H and O–H groups in total. The van der Waals surface area contributed by atoms with Crippen LogP contribution in [0.15, 0.2) is 36.4 Å². The van der Waals surface area contributed by atoms with Crippen LogP contribution in [0, 0.1) is 0 Å². The lowest BCUT2D eigenvalue weighted by atomic mass is 9.98. The van der Waals surface area contributed by atoms with E-state index in [1.807, 2.05) is 19.1 Å². The molecule has 0 unspecified atom stereocenters. The Morgan fingerprint density at radius 3 is 2.65 bits per heavy atom. The van der Waals surface area contributed by atoms with Crippen LogP contribution in [0.3, 0.4) is 0 Å². The van der Waals surface area contributed by atoms with Gasteiger partial charge in [0.25, 0.3) is 0 Å². The standard InChI is InChI=1S/C17H19NO2/c1-2-19-16-5-3-12(4-6-16)14-9-13-7-8-20-17(13)15(10-14)11-18/h3-6,9-10H,2,7-8,11,18H2,1H3. The van der Waals surface area contributed by atoms with Gasteiger partial charge < -0.3 is 15.2 Å². The van der Waals surface area contributed by atoms with Crippen LogP contribution < -0.4 is 15.2 Å². The van der Waals surface area contributed by atoms with Crippen molar-refractivity contribution in [1.29, 1.82) is 0 Å². The van der Waals surface area contributed by atoms with E-state index in [1.165, 1.54) is 16.7 Å². The number of rotatable bonds is 4. The van der Waals surface area contributed by atoms with Crippen LogP contribution in [0.5, 0.6) is 11.5 Å². The third kappa shape index (κ3) is 2.37. The Morgan fingerprint density at radius 1 is 1.15 bits per heavy atom. The van der Waals surface area contributed by atoms with Gasteiger partial charge in [-0.25, -0.2) is 0 Å². The predicted octanol–water partition coefficient (Wildman–Crippen LogP) is 3.15. The SMILES string of the molecule is CCOc1ccc(-c2cc(CN)c3c(c2)CCO3)cc1. The first-order chi connectivity index (χ1) is 9.81. The average Bonchev–Trinajstić information content (AvgIpc) is 2.95. The molecule has 0 aliphatic carbocycles. The van der Waals surface area contributed by atoms with Gasteiger partial charge in [0.1, 0.15) is 11.5 Å². The molecule has 1 heterocycles. The highest BCUT2D eigenvalue weighted by atomic mass is 16.5. The van der Waals surface area contributed by atoms with E-state index in [0.29, 0.717) is 13.2 Å². The third-order valence-corrected chi connectivity index (χ3v) is 3.58. The summed E-state index contributed by atoms with van der Waals surface area (Å²) in [6, 6.07) is 12.5.